The van der Waals surface area contributed by atoms with Crippen molar-refractivity contribution in [1.82, 2.24) is 5.32 Å². The zero-order valence-corrected chi connectivity index (χ0v) is 11.4. The molecule has 0 saturated carbocycles. The van der Waals surface area contributed by atoms with E-state index in [4.69, 9.17) is 0 Å². The van der Waals surface area contributed by atoms with Gasteiger partial charge in [0.05, 0.1) is 0 Å². The number of aryl methyl sites for hydroxylation is 1. The Morgan fingerprint density at radius 1 is 1.24 bits per heavy atom. The summed E-state index contributed by atoms with van der Waals surface area (Å²) in [6.07, 6.45) is 3.57. The average molecular weight is 237 g/mol. The lowest BCUT2D eigenvalue weighted by Gasteiger charge is -2.18. The van der Waals surface area contributed by atoms with Crippen LogP contribution in [0.3, 0.4) is 0 Å². The van der Waals surface area contributed by atoms with Gasteiger partial charge in [-0.25, -0.2) is 4.39 Å². The summed E-state index contributed by atoms with van der Waals surface area (Å²) in [5.41, 5.74) is 1.92. The van der Waals surface area contributed by atoms with Crippen molar-refractivity contribution >= 4 is 0 Å². The Kier molecular flexibility index (Phi) is 5.63. The third-order valence-electron chi connectivity index (χ3n) is 3.21. The lowest BCUT2D eigenvalue weighted by atomic mass is 9.97. The zero-order chi connectivity index (χ0) is 12.8. The van der Waals surface area contributed by atoms with Crippen molar-refractivity contribution in [3.8, 4) is 0 Å². The summed E-state index contributed by atoms with van der Waals surface area (Å²) < 4.78 is 13.2. The van der Waals surface area contributed by atoms with Gasteiger partial charge in [-0.2, -0.15) is 0 Å². The molecule has 17 heavy (non-hydrogen) atoms. The third-order valence-corrected chi connectivity index (χ3v) is 3.21. The molecule has 0 aliphatic heterocycles. The van der Waals surface area contributed by atoms with Crippen LogP contribution >= 0.6 is 0 Å². The van der Waals surface area contributed by atoms with Crippen LogP contribution in [-0.4, -0.2) is 7.05 Å². The molecule has 1 aromatic carbocycles. The summed E-state index contributed by atoms with van der Waals surface area (Å²) in [5.74, 6) is 0.633. The van der Waals surface area contributed by atoms with Gasteiger partial charge in [-0.3, -0.25) is 0 Å². The maximum atomic E-state index is 13.2. The van der Waals surface area contributed by atoms with Gasteiger partial charge in [0, 0.05) is 6.04 Å². The first-order valence-electron chi connectivity index (χ1n) is 6.48. The molecular weight excluding hydrogens is 213 g/mol. The van der Waals surface area contributed by atoms with Crippen LogP contribution in [0.15, 0.2) is 18.2 Å². The Hall–Kier alpha value is -0.890. The molecule has 0 heterocycles. The minimum atomic E-state index is -0.120. The molecular formula is C15H24FN. The van der Waals surface area contributed by atoms with Gasteiger partial charge in [-0.1, -0.05) is 38.8 Å². The van der Waals surface area contributed by atoms with Gasteiger partial charge in [0.1, 0.15) is 5.82 Å². The van der Waals surface area contributed by atoms with Crippen LogP contribution in [0.4, 0.5) is 4.39 Å². The second-order valence-corrected chi connectivity index (χ2v) is 5.17. The van der Waals surface area contributed by atoms with Crippen molar-refractivity contribution in [3.05, 3.63) is 35.1 Å². The normalized spacial score (nSPS) is 13.1. The van der Waals surface area contributed by atoms with E-state index in [0.717, 1.165) is 17.9 Å². The molecule has 96 valence electrons. The molecule has 0 amide bonds. The van der Waals surface area contributed by atoms with E-state index in [0.29, 0.717) is 6.04 Å². The Labute approximate surface area is 104 Å². The summed E-state index contributed by atoms with van der Waals surface area (Å²) in [6, 6.07) is 5.75. The number of hydrogen-bond donors (Lipinski definition) is 1. The van der Waals surface area contributed by atoms with E-state index in [9.17, 15) is 4.39 Å². The molecule has 1 N–H and O–H groups in total. The maximum absolute atomic E-state index is 13.2. The number of halogens is 1. The highest BCUT2D eigenvalue weighted by molar-refractivity contribution is 5.26. The van der Waals surface area contributed by atoms with E-state index < -0.39 is 0 Å². The molecule has 0 spiro atoms. The van der Waals surface area contributed by atoms with E-state index in [1.165, 1.54) is 18.4 Å². The number of benzene rings is 1. The molecule has 1 nitrogen and oxygen atoms in total. The van der Waals surface area contributed by atoms with Crippen LogP contribution in [-0.2, 0) is 0 Å². The Balaban J connectivity index is 2.62. The fourth-order valence-electron chi connectivity index (χ4n) is 2.09. The molecule has 0 aromatic heterocycles. The van der Waals surface area contributed by atoms with Crippen LogP contribution < -0.4 is 5.32 Å². The van der Waals surface area contributed by atoms with Crippen molar-refractivity contribution in [3.63, 3.8) is 0 Å². The number of rotatable bonds is 6. The number of nitrogens with one attached hydrogen (secondary N) is 1. The predicted molar refractivity (Wildman–Crippen MR) is 71.6 cm³/mol. The fraction of sp³-hybridized carbons (Fsp3) is 0.600. The molecule has 2 heteroatoms. The van der Waals surface area contributed by atoms with Crippen LogP contribution in [0.2, 0.25) is 0 Å². The molecule has 0 aliphatic rings. The smallest absolute Gasteiger partial charge is 0.126 e. The molecule has 1 rings (SSSR count). The van der Waals surface area contributed by atoms with E-state index in [2.05, 4.69) is 19.2 Å². The zero-order valence-electron chi connectivity index (χ0n) is 11.4. The van der Waals surface area contributed by atoms with Crippen molar-refractivity contribution in [2.75, 3.05) is 7.05 Å². The van der Waals surface area contributed by atoms with Gasteiger partial charge in [0.2, 0.25) is 0 Å². The molecule has 1 atom stereocenters. The topological polar surface area (TPSA) is 12.0 Å². The fourth-order valence-corrected chi connectivity index (χ4v) is 2.09. The van der Waals surface area contributed by atoms with E-state index >= 15 is 0 Å². The third kappa shape index (κ3) is 4.47. The van der Waals surface area contributed by atoms with Gasteiger partial charge < -0.3 is 5.32 Å². The summed E-state index contributed by atoms with van der Waals surface area (Å²) in [4.78, 5) is 0. The van der Waals surface area contributed by atoms with Gasteiger partial charge in [-0.05, 0) is 43.5 Å². The first-order valence-corrected chi connectivity index (χ1v) is 6.48. The Morgan fingerprint density at radius 3 is 2.47 bits per heavy atom. The standard InChI is InChI=1S/C15H24FN/c1-11(2)6-5-7-15(17-4)13-8-9-14(16)12(3)10-13/h8-11,15,17H,5-7H2,1-4H3. The van der Waals surface area contributed by atoms with E-state index in [1.807, 2.05) is 26.1 Å². The van der Waals surface area contributed by atoms with Crippen LogP contribution in [0, 0.1) is 18.7 Å². The lowest BCUT2D eigenvalue weighted by molar-refractivity contribution is 0.470. The summed E-state index contributed by atoms with van der Waals surface area (Å²) in [5, 5.41) is 3.32. The Bertz CT molecular complexity index is 347. The molecule has 0 fully saturated rings. The highest BCUT2D eigenvalue weighted by atomic mass is 19.1. The predicted octanol–water partition coefficient (Wildman–Crippen LogP) is 4.22. The Morgan fingerprint density at radius 2 is 1.94 bits per heavy atom. The SMILES string of the molecule is CNC(CCCC(C)C)c1ccc(F)c(C)c1. The summed E-state index contributed by atoms with van der Waals surface area (Å²) in [7, 11) is 1.97. The number of hydrogen-bond acceptors (Lipinski definition) is 1. The second kappa shape index (κ2) is 6.75. The quantitative estimate of drug-likeness (QED) is 0.781. The summed E-state index contributed by atoms with van der Waals surface area (Å²) >= 11 is 0. The maximum Gasteiger partial charge on any atom is 0.126 e. The molecule has 0 radical (unpaired) electrons. The van der Waals surface area contributed by atoms with Crippen molar-refractivity contribution < 1.29 is 4.39 Å². The largest absolute Gasteiger partial charge is 0.313 e. The second-order valence-electron chi connectivity index (χ2n) is 5.17. The first kappa shape index (κ1) is 14.2. The average Bonchev–Trinajstić information content (AvgIpc) is 2.28. The van der Waals surface area contributed by atoms with Crippen molar-refractivity contribution in [2.24, 2.45) is 5.92 Å². The molecule has 0 bridgehead atoms. The summed E-state index contributed by atoms with van der Waals surface area (Å²) in [6.45, 7) is 6.31. The van der Waals surface area contributed by atoms with Crippen LogP contribution in [0.5, 0.6) is 0 Å². The van der Waals surface area contributed by atoms with Gasteiger partial charge in [-0.15, -0.1) is 0 Å². The van der Waals surface area contributed by atoms with Crippen molar-refractivity contribution in [2.45, 2.75) is 46.1 Å². The van der Waals surface area contributed by atoms with E-state index in [-0.39, 0.29) is 5.82 Å². The molecule has 0 saturated heterocycles. The van der Waals surface area contributed by atoms with Crippen LogP contribution in [0.1, 0.15) is 50.3 Å². The van der Waals surface area contributed by atoms with Gasteiger partial charge in [0.15, 0.2) is 0 Å². The van der Waals surface area contributed by atoms with E-state index in [1.54, 1.807) is 6.07 Å². The lowest BCUT2D eigenvalue weighted by Crippen LogP contribution is -2.16. The minimum Gasteiger partial charge on any atom is -0.313 e. The molecule has 1 aromatic rings. The highest BCUT2D eigenvalue weighted by Crippen LogP contribution is 2.22. The molecule has 1 unspecified atom stereocenters. The minimum absolute atomic E-state index is 0.120. The van der Waals surface area contributed by atoms with Gasteiger partial charge >= 0.3 is 0 Å². The van der Waals surface area contributed by atoms with Crippen LogP contribution in [0.25, 0.3) is 0 Å². The van der Waals surface area contributed by atoms with Crippen molar-refractivity contribution in [1.29, 1.82) is 0 Å². The first-order chi connectivity index (χ1) is 8.04. The molecule has 0 aliphatic carbocycles. The monoisotopic (exact) mass is 237 g/mol. The highest BCUT2D eigenvalue weighted by Gasteiger charge is 2.10. The van der Waals surface area contributed by atoms with Gasteiger partial charge in [0.25, 0.3) is 0 Å².